The summed E-state index contributed by atoms with van der Waals surface area (Å²) in [5.74, 6) is 0.648. The molecule has 0 bridgehead atoms. The van der Waals surface area contributed by atoms with Crippen molar-refractivity contribution in [2.75, 3.05) is 19.7 Å². The number of pyridine rings is 1. The zero-order valence-corrected chi connectivity index (χ0v) is 12.5. The number of nitrogens with zero attached hydrogens (tertiary/aromatic N) is 4. The van der Waals surface area contributed by atoms with Crippen LogP contribution in [0.25, 0.3) is 0 Å². The second-order valence-corrected chi connectivity index (χ2v) is 5.07. The predicted molar refractivity (Wildman–Crippen MR) is 80.7 cm³/mol. The molecule has 3 heterocycles. The van der Waals surface area contributed by atoms with Gasteiger partial charge in [0.2, 0.25) is 5.88 Å². The average Bonchev–Trinajstić information content (AvgIpc) is 2.79. The van der Waals surface area contributed by atoms with Gasteiger partial charge in [0.15, 0.2) is 0 Å². The molecule has 0 fully saturated rings. The van der Waals surface area contributed by atoms with Crippen LogP contribution in [0.1, 0.15) is 28.5 Å². The molecule has 1 aliphatic rings. The second-order valence-electron chi connectivity index (χ2n) is 5.07. The molecule has 0 unspecified atom stereocenters. The van der Waals surface area contributed by atoms with Gasteiger partial charge in [-0.3, -0.25) is 9.78 Å². The fourth-order valence-electron chi connectivity index (χ4n) is 2.63. The number of carbonyl (C=O) groups excluding carboxylic acids is 1. The van der Waals surface area contributed by atoms with Crippen molar-refractivity contribution in [3.63, 3.8) is 0 Å². The molecular weight excluding hydrogens is 280 g/mol. The first kappa shape index (κ1) is 14.4. The maximum absolute atomic E-state index is 12.5. The minimum atomic E-state index is 0.00632. The topological polar surface area (TPSA) is 68.2 Å². The van der Waals surface area contributed by atoms with Crippen molar-refractivity contribution in [2.24, 2.45) is 0 Å². The van der Waals surface area contributed by atoms with Gasteiger partial charge in [-0.2, -0.15) is 0 Å². The molecule has 6 nitrogen and oxygen atoms in total. The summed E-state index contributed by atoms with van der Waals surface area (Å²) in [7, 11) is 0. The van der Waals surface area contributed by atoms with E-state index in [1.54, 1.807) is 24.5 Å². The Morgan fingerprint density at radius 1 is 1.32 bits per heavy atom. The van der Waals surface area contributed by atoms with Gasteiger partial charge < -0.3 is 9.64 Å². The van der Waals surface area contributed by atoms with Gasteiger partial charge in [-0.1, -0.05) is 0 Å². The molecule has 0 N–H and O–H groups in total. The molecule has 22 heavy (non-hydrogen) atoms. The normalized spacial score (nSPS) is 14.1. The SMILES string of the molecule is CCOc1ncnc2c1CCN(C(=O)c1cccnc1)CC2. The number of hydrogen-bond donors (Lipinski definition) is 0. The van der Waals surface area contributed by atoms with E-state index in [-0.39, 0.29) is 5.91 Å². The molecule has 0 aliphatic carbocycles. The van der Waals surface area contributed by atoms with E-state index in [0.717, 1.165) is 11.3 Å². The Morgan fingerprint density at radius 2 is 2.18 bits per heavy atom. The Labute approximate surface area is 129 Å². The average molecular weight is 298 g/mol. The van der Waals surface area contributed by atoms with Crippen molar-refractivity contribution in [3.8, 4) is 5.88 Å². The highest BCUT2D eigenvalue weighted by Crippen LogP contribution is 2.22. The van der Waals surface area contributed by atoms with Gasteiger partial charge in [-0.15, -0.1) is 0 Å². The third kappa shape index (κ3) is 2.90. The molecule has 1 aliphatic heterocycles. The number of hydrogen-bond acceptors (Lipinski definition) is 5. The Hall–Kier alpha value is -2.50. The lowest BCUT2D eigenvalue weighted by Crippen LogP contribution is -2.33. The highest BCUT2D eigenvalue weighted by Gasteiger charge is 2.23. The number of aromatic nitrogens is 3. The van der Waals surface area contributed by atoms with Crippen molar-refractivity contribution in [1.29, 1.82) is 0 Å². The predicted octanol–water partition coefficient (Wildman–Crippen LogP) is 1.51. The molecule has 1 amide bonds. The number of carbonyl (C=O) groups is 1. The van der Waals surface area contributed by atoms with Gasteiger partial charge in [-0.05, 0) is 25.5 Å². The molecule has 114 valence electrons. The summed E-state index contributed by atoms with van der Waals surface area (Å²) in [5.41, 5.74) is 2.61. The summed E-state index contributed by atoms with van der Waals surface area (Å²) in [6.07, 6.45) is 6.22. The lowest BCUT2D eigenvalue weighted by molar-refractivity contribution is 0.0762. The number of fused-ring (bicyclic) bond motifs is 1. The molecule has 0 atom stereocenters. The third-order valence-electron chi connectivity index (χ3n) is 3.72. The molecule has 0 saturated carbocycles. The van der Waals surface area contributed by atoms with E-state index in [1.165, 1.54) is 6.33 Å². The second kappa shape index (κ2) is 6.51. The maximum atomic E-state index is 12.5. The first-order valence-electron chi connectivity index (χ1n) is 7.44. The minimum absolute atomic E-state index is 0.00632. The Bertz CT molecular complexity index is 660. The van der Waals surface area contributed by atoms with Crippen molar-refractivity contribution < 1.29 is 9.53 Å². The molecule has 2 aromatic heterocycles. The fourth-order valence-corrected chi connectivity index (χ4v) is 2.63. The van der Waals surface area contributed by atoms with E-state index in [9.17, 15) is 4.79 Å². The van der Waals surface area contributed by atoms with Crippen LogP contribution < -0.4 is 4.74 Å². The lowest BCUT2D eigenvalue weighted by atomic mass is 10.1. The van der Waals surface area contributed by atoms with Gasteiger partial charge >= 0.3 is 0 Å². The highest BCUT2D eigenvalue weighted by molar-refractivity contribution is 5.93. The molecule has 0 radical (unpaired) electrons. The van der Waals surface area contributed by atoms with E-state index in [4.69, 9.17) is 4.74 Å². The number of rotatable bonds is 3. The van der Waals surface area contributed by atoms with Crippen molar-refractivity contribution in [1.82, 2.24) is 19.9 Å². The van der Waals surface area contributed by atoms with Gasteiger partial charge in [0, 0.05) is 37.5 Å². The summed E-state index contributed by atoms with van der Waals surface area (Å²) in [5, 5.41) is 0. The molecule has 2 aromatic rings. The van der Waals surface area contributed by atoms with Crippen LogP contribution in [0.15, 0.2) is 30.9 Å². The summed E-state index contributed by atoms with van der Waals surface area (Å²) < 4.78 is 5.58. The summed E-state index contributed by atoms with van der Waals surface area (Å²) >= 11 is 0. The number of amides is 1. The van der Waals surface area contributed by atoms with Crippen LogP contribution in [-0.2, 0) is 12.8 Å². The quantitative estimate of drug-likeness (QED) is 0.859. The summed E-state index contributed by atoms with van der Waals surface area (Å²) in [6.45, 7) is 3.78. The monoisotopic (exact) mass is 298 g/mol. The zero-order chi connectivity index (χ0) is 15.4. The van der Waals surface area contributed by atoms with Crippen LogP contribution in [0.4, 0.5) is 0 Å². The third-order valence-corrected chi connectivity index (χ3v) is 3.72. The van der Waals surface area contributed by atoms with Crippen molar-refractivity contribution >= 4 is 5.91 Å². The lowest BCUT2D eigenvalue weighted by Gasteiger charge is -2.19. The van der Waals surface area contributed by atoms with E-state index in [2.05, 4.69) is 15.0 Å². The number of ether oxygens (including phenoxy) is 1. The van der Waals surface area contributed by atoms with Gasteiger partial charge in [0.05, 0.1) is 17.9 Å². The molecule has 6 heteroatoms. The minimum Gasteiger partial charge on any atom is -0.478 e. The van der Waals surface area contributed by atoms with Crippen LogP contribution in [0.2, 0.25) is 0 Å². The Balaban J connectivity index is 1.79. The van der Waals surface area contributed by atoms with E-state index >= 15 is 0 Å². The first-order chi connectivity index (χ1) is 10.8. The maximum Gasteiger partial charge on any atom is 0.255 e. The van der Waals surface area contributed by atoms with Gasteiger partial charge in [-0.25, -0.2) is 9.97 Å². The zero-order valence-electron chi connectivity index (χ0n) is 12.5. The molecule has 0 spiro atoms. The van der Waals surface area contributed by atoms with Crippen molar-refractivity contribution in [3.05, 3.63) is 47.7 Å². The van der Waals surface area contributed by atoms with Crippen LogP contribution >= 0.6 is 0 Å². The molecular formula is C16H18N4O2. The first-order valence-corrected chi connectivity index (χ1v) is 7.44. The van der Waals surface area contributed by atoms with Crippen LogP contribution in [0.3, 0.4) is 0 Å². The summed E-state index contributed by atoms with van der Waals surface area (Å²) in [4.78, 5) is 26.9. The fraction of sp³-hybridized carbons (Fsp3) is 0.375. The standard InChI is InChI=1S/C16H18N4O2/c1-2-22-15-13-5-8-20(9-6-14(13)18-11-19-15)16(21)12-4-3-7-17-10-12/h3-4,7,10-11H,2,5-6,8-9H2,1H3. The summed E-state index contributed by atoms with van der Waals surface area (Å²) in [6, 6.07) is 3.57. The Morgan fingerprint density at radius 3 is 2.95 bits per heavy atom. The van der Waals surface area contributed by atoms with Gasteiger partial charge in [0.1, 0.15) is 6.33 Å². The molecule has 0 aromatic carbocycles. The van der Waals surface area contributed by atoms with Crippen LogP contribution in [0.5, 0.6) is 5.88 Å². The highest BCUT2D eigenvalue weighted by atomic mass is 16.5. The smallest absolute Gasteiger partial charge is 0.255 e. The van der Waals surface area contributed by atoms with Gasteiger partial charge in [0.25, 0.3) is 5.91 Å². The van der Waals surface area contributed by atoms with Crippen LogP contribution in [0, 0.1) is 0 Å². The van der Waals surface area contributed by atoms with Crippen LogP contribution in [-0.4, -0.2) is 45.5 Å². The Kier molecular flexibility index (Phi) is 4.27. The molecule has 0 saturated heterocycles. The largest absolute Gasteiger partial charge is 0.478 e. The van der Waals surface area contributed by atoms with E-state index < -0.39 is 0 Å². The molecule has 3 rings (SSSR count). The van der Waals surface area contributed by atoms with Crippen molar-refractivity contribution in [2.45, 2.75) is 19.8 Å². The van der Waals surface area contributed by atoms with E-state index in [1.807, 2.05) is 11.8 Å². The van der Waals surface area contributed by atoms with E-state index in [0.29, 0.717) is 44.0 Å².